The number of fused-ring (bicyclic) bond motifs is 1. The molecule has 27 heavy (non-hydrogen) atoms. The minimum atomic E-state index is -4.22. The summed E-state index contributed by atoms with van der Waals surface area (Å²) in [5, 5.41) is 14.9. The smallest absolute Gasteiger partial charge is 0.389 e. The van der Waals surface area contributed by atoms with Gasteiger partial charge >= 0.3 is 6.18 Å². The zero-order chi connectivity index (χ0) is 19.4. The number of nitrogens with zero attached hydrogens (tertiary/aromatic N) is 2. The quantitative estimate of drug-likeness (QED) is 0.647. The first kappa shape index (κ1) is 18.9. The molecule has 1 heterocycles. The van der Waals surface area contributed by atoms with E-state index in [9.17, 15) is 18.3 Å². The number of para-hydroxylation sites is 1. The molecule has 8 heteroatoms. The van der Waals surface area contributed by atoms with Crippen molar-refractivity contribution in [2.45, 2.75) is 32.2 Å². The Bertz CT molecular complexity index is 905. The van der Waals surface area contributed by atoms with Gasteiger partial charge in [-0.05, 0) is 36.2 Å². The maximum absolute atomic E-state index is 12.4. The van der Waals surface area contributed by atoms with Gasteiger partial charge in [-0.25, -0.2) is 0 Å². The van der Waals surface area contributed by atoms with Crippen LogP contribution in [0.2, 0.25) is 0 Å². The second kappa shape index (κ2) is 7.77. The molecule has 3 rings (SSSR count). The predicted octanol–water partition coefficient (Wildman–Crippen LogP) is 4.67. The molecular formula is C19H19F3N2O3. The number of halogens is 3. The number of phenolic OH excluding ortho intramolecular Hbond substituents is 1. The number of aryl methyl sites for hydroxylation is 1. The Morgan fingerprint density at radius 1 is 1.11 bits per heavy atom. The average Bonchev–Trinajstić information content (AvgIpc) is 2.98. The summed E-state index contributed by atoms with van der Waals surface area (Å²) >= 11 is 0. The van der Waals surface area contributed by atoms with E-state index in [2.05, 4.69) is 5.10 Å². The number of phenols is 1. The summed E-state index contributed by atoms with van der Waals surface area (Å²) in [5.74, 6) is 0.943. The average molecular weight is 380 g/mol. The van der Waals surface area contributed by atoms with E-state index in [1.807, 2.05) is 12.1 Å². The third-order valence-electron chi connectivity index (χ3n) is 4.08. The number of ether oxygens (including phenoxy) is 2. The molecule has 0 aliphatic heterocycles. The Morgan fingerprint density at radius 2 is 1.85 bits per heavy atom. The normalized spacial score (nSPS) is 11.7. The number of hydrogen-bond donors (Lipinski definition) is 1. The topological polar surface area (TPSA) is 56.5 Å². The molecule has 2 aromatic carbocycles. The van der Waals surface area contributed by atoms with Crippen LogP contribution in [0.3, 0.4) is 0 Å². The van der Waals surface area contributed by atoms with Gasteiger partial charge in [-0.1, -0.05) is 18.2 Å². The first-order chi connectivity index (χ1) is 12.9. The molecule has 0 saturated heterocycles. The number of benzene rings is 2. The first-order valence-corrected chi connectivity index (χ1v) is 8.38. The molecular weight excluding hydrogens is 361 g/mol. The van der Waals surface area contributed by atoms with Gasteiger partial charge in [0.15, 0.2) is 0 Å². The number of aromatic hydroxyl groups is 1. The van der Waals surface area contributed by atoms with Gasteiger partial charge < -0.3 is 14.6 Å². The van der Waals surface area contributed by atoms with Crippen molar-refractivity contribution in [1.29, 1.82) is 0 Å². The van der Waals surface area contributed by atoms with E-state index < -0.39 is 12.6 Å². The molecule has 0 saturated carbocycles. The number of hydrogen-bond acceptors (Lipinski definition) is 4. The highest BCUT2D eigenvalue weighted by Gasteiger charge is 2.26. The maximum Gasteiger partial charge on any atom is 0.389 e. The lowest BCUT2D eigenvalue weighted by molar-refractivity contribution is -0.135. The van der Waals surface area contributed by atoms with E-state index in [0.29, 0.717) is 10.9 Å². The van der Waals surface area contributed by atoms with Gasteiger partial charge in [0.2, 0.25) is 5.88 Å². The molecule has 0 spiro atoms. The molecule has 0 amide bonds. The second-order valence-corrected chi connectivity index (χ2v) is 6.06. The van der Waals surface area contributed by atoms with E-state index in [-0.39, 0.29) is 31.2 Å². The zero-order valence-electron chi connectivity index (χ0n) is 14.7. The largest absolute Gasteiger partial charge is 0.506 e. The van der Waals surface area contributed by atoms with Crippen LogP contribution in [-0.4, -0.2) is 28.2 Å². The van der Waals surface area contributed by atoms with Gasteiger partial charge in [0.1, 0.15) is 23.6 Å². The molecule has 1 N–H and O–H groups in total. The van der Waals surface area contributed by atoms with Crippen molar-refractivity contribution in [2.24, 2.45) is 0 Å². The van der Waals surface area contributed by atoms with Crippen molar-refractivity contribution in [3.8, 4) is 17.4 Å². The molecule has 0 aliphatic rings. The fourth-order valence-electron chi connectivity index (χ4n) is 2.76. The minimum absolute atomic E-state index is 0.0273. The number of methoxy groups -OCH3 is 1. The summed E-state index contributed by atoms with van der Waals surface area (Å²) < 4.78 is 49.4. The van der Waals surface area contributed by atoms with Crippen LogP contribution >= 0.6 is 0 Å². The van der Waals surface area contributed by atoms with Crippen molar-refractivity contribution < 1.29 is 27.8 Å². The Labute approximate surface area is 153 Å². The van der Waals surface area contributed by atoms with Crippen molar-refractivity contribution >= 4 is 10.9 Å². The highest BCUT2D eigenvalue weighted by molar-refractivity contribution is 5.89. The highest BCUT2D eigenvalue weighted by Crippen LogP contribution is 2.32. The summed E-state index contributed by atoms with van der Waals surface area (Å²) in [6, 6.07) is 12.1. The summed E-state index contributed by atoms with van der Waals surface area (Å²) in [6.07, 6.45) is -5.27. The van der Waals surface area contributed by atoms with Gasteiger partial charge in [-0.2, -0.15) is 13.2 Å². The number of rotatable bonds is 7. The predicted molar refractivity (Wildman–Crippen MR) is 94.0 cm³/mol. The molecule has 0 fully saturated rings. The molecule has 144 valence electrons. The second-order valence-electron chi connectivity index (χ2n) is 6.06. The maximum atomic E-state index is 12.4. The van der Waals surface area contributed by atoms with E-state index in [4.69, 9.17) is 9.47 Å². The van der Waals surface area contributed by atoms with Gasteiger partial charge in [0.25, 0.3) is 0 Å². The van der Waals surface area contributed by atoms with Gasteiger partial charge in [-0.15, -0.1) is 5.10 Å². The van der Waals surface area contributed by atoms with E-state index in [1.165, 1.54) is 10.7 Å². The van der Waals surface area contributed by atoms with Gasteiger partial charge in [-0.3, -0.25) is 4.68 Å². The SMILES string of the molecule is COc1ccc(COc2nn(CCCC(F)(F)F)c3c(O)cccc23)cc1. The third kappa shape index (κ3) is 4.64. The first-order valence-electron chi connectivity index (χ1n) is 8.38. The summed E-state index contributed by atoms with van der Waals surface area (Å²) in [5.41, 5.74) is 1.25. The van der Waals surface area contributed by atoms with Crippen molar-refractivity contribution in [3.05, 3.63) is 48.0 Å². The van der Waals surface area contributed by atoms with Crippen LogP contribution in [0.1, 0.15) is 18.4 Å². The Kier molecular flexibility index (Phi) is 5.43. The van der Waals surface area contributed by atoms with Gasteiger partial charge in [0, 0.05) is 13.0 Å². The van der Waals surface area contributed by atoms with Crippen molar-refractivity contribution in [1.82, 2.24) is 9.78 Å². The van der Waals surface area contributed by atoms with Crippen LogP contribution in [0, 0.1) is 0 Å². The molecule has 0 bridgehead atoms. The van der Waals surface area contributed by atoms with Crippen LogP contribution in [0.5, 0.6) is 17.4 Å². The van der Waals surface area contributed by atoms with E-state index in [0.717, 1.165) is 11.3 Å². The Morgan fingerprint density at radius 3 is 2.52 bits per heavy atom. The van der Waals surface area contributed by atoms with E-state index >= 15 is 0 Å². The summed E-state index contributed by atoms with van der Waals surface area (Å²) in [4.78, 5) is 0. The molecule has 0 radical (unpaired) electrons. The van der Waals surface area contributed by atoms with Gasteiger partial charge in [0.05, 0.1) is 12.5 Å². The van der Waals surface area contributed by atoms with Crippen molar-refractivity contribution in [3.63, 3.8) is 0 Å². The van der Waals surface area contributed by atoms with Crippen LogP contribution < -0.4 is 9.47 Å². The standard InChI is InChI=1S/C19H19F3N2O3/c1-26-14-8-6-13(7-9-14)12-27-18-15-4-2-5-16(25)17(15)24(23-18)11-3-10-19(20,21)22/h2,4-9,25H,3,10-12H2,1H3. The molecule has 1 aromatic heterocycles. The lowest BCUT2D eigenvalue weighted by atomic mass is 10.2. The van der Waals surface area contributed by atoms with Crippen molar-refractivity contribution in [2.75, 3.05) is 7.11 Å². The molecule has 0 atom stereocenters. The summed E-state index contributed by atoms with van der Waals surface area (Å²) in [7, 11) is 1.58. The summed E-state index contributed by atoms with van der Waals surface area (Å²) in [6.45, 7) is 0.258. The zero-order valence-corrected chi connectivity index (χ0v) is 14.7. The fourth-order valence-corrected chi connectivity index (χ4v) is 2.76. The molecule has 5 nitrogen and oxygen atoms in total. The lowest BCUT2D eigenvalue weighted by Gasteiger charge is -2.07. The minimum Gasteiger partial charge on any atom is -0.506 e. The fraction of sp³-hybridized carbons (Fsp3) is 0.316. The number of aromatic nitrogens is 2. The third-order valence-corrected chi connectivity index (χ3v) is 4.08. The van der Waals surface area contributed by atoms with Crippen LogP contribution in [0.25, 0.3) is 10.9 Å². The Hall–Kier alpha value is -2.90. The highest BCUT2D eigenvalue weighted by atomic mass is 19.4. The molecule has 0 aliphatic carbocycles. The lowest BCUT2D eigenvalue weighted by Crippen LogP contribution is -2.10. The van der Waals surface area contributed by atoms with E-state index in [1.54, 1.807) is 31.4 Å². The van der Waals surface area contributed by atoms with Crippen LogP contribution in [-0.2, 0) is 13.2 Å². The monoisotopic (exact) mass is 380 g/mol. The Balaban J connectivity index is 1.79. The van der Waals surface area contributed by atoms with Crippen LogP contribution in [0.15, 0.2) is 42.5 Å². The van der Waals surface area contributed by atoms with Crippen LogP contribution in [0.4, 0.5) is 13.2 Å². The molecule has 0 unspecified atom stereocenters. The number of alkyl halides is 3. The molecule has 3 aromatic rings.